The average molecular weight is 326 g/mol. The minimum Gasteiger partial charge on any atom is -0.224 e. The summed E-state index contributed by atoms with van der Waals surface area (Å²) >= 11 is 8.81. The third-order valence-corrected chi connectivity index (χ3v) is 4.83. The molecule has 0 amide bonds. The average Bonchev–Trinajstić information content (AvgIpc) is 2.25. The molecule has 0 saturated heterocycles. The lowest BCUT2D eigenvalue weighted by Gasteiger charge is -2.04. The predicted octanol–water partition coefficient (Wildman–Crippen LogP) is 3.63. The largest absolute Gasteiger partial charge is 0.224 e. The van der Waals surface area contributed by atoms with Crippen LogP contribution in [0.1, 0.15) is 19.3 Å². The van der Waals surface area contributed by atoms with E-state index in [4.69, 9.17) is 11.6 Å². The third kappa shape index (κ3) is 4.44. The van der Waals surface area contributed by atoms with Gasteiger partial charge in [-0.25, -0.2) is 8.42 Å². The predicted molar refractivity (Wildman–Crippen MR) is 70.8 cm³/mol. The molecular formula is C11H14BrClO2S. The molecule has 0 N–H and O–H groups in total. The second-order valence-electron chi connectivity index (χ2n) is 3.52. The molecule has 5 heteroatoms. The van der Waals surface area contributed by atoms with Crippen LogP contribution < -0.4 is 0 Å². The number of benzene rings is 1. The van der Waals surface area contributed by atoms with Crippen LogP contribution in [0.5, 0.6) is 0 Å². The molecule has 1 rings (SSSR count). The monoisotopic (exact) mass is 324 g/mol. The molecule has 0 spiro atoms. The zero-order valence-corrected chi connectivity index (χ0v) is 12.0. The zero-order valence-electron chi connectivity index (χ0n) is 8.83. The van der Waals surface area contributed by atoms with Crippen LogP contribution in [0.15, 0.2) is 33.6 Å². The van der Waals surface area contributed by atoms with Crippen LogP contribution in [-0.4, -0.2) is 20.1 Å². The fourth-order valence-corrected chi connectivity index (χ4v) is 3.15. The van der Waals surface area contributed by atoms with Gasteiger partial charge in [0.15, 0.2) is 9.84 Å². The molecule has 1 aromatic carbocycles. The van der Waals surface area contributed by atoms with Crippen molar-refractivity contribution in [1.29, 1.82) is 0 Å². The van der Waals surface area contributed by atoms with E-state index in [9.17, 15) is 8.42 Å². The van der Waals surface area contributed by atoms with E-state index in [2.05, 4.69) is 15.9 Å². The van der Waals surface area contributed by atoms with E-state index in [1.54, 1.807) is 24.3 Å². The van der Waals surface area contributed by atoms with Crippen LogP contribution in [0, 0.1) is 0 Å². The Labute approximate surface area is 110 Å². The summed E-state index contributed by atoms with van der Waals surface area (Å²) in [6, 6.07) is 6.74. The van der Waals surface area contributed by atoms with E-state index in [1.165, 1.54) is 0 Å². The highest BCUT2D eigenvalue weighted by atomic mass is 79.9. The Balaban J connectivity index is 2.60. The van der Waals surface area contributed by atoms with Gasteiger partial charge in [-0.15, -0.1) is 11.6 Å². The molecule has 16 heavy (non-hydrogen) atoms. The molecule has 0 saturated carbocycles. The van der Waals surface area contributed by atoms with Gasteiger partial charge in [0.2, 0.25) is 0 Å². The first-order valence-electron chi connectivity index (χ1n) is 5.10. The molecule has 0 fully saturated rings. The van der Waals surface area contributed by atoms with Crippen molar-refractivity contribution in [2.75, 3.05) is 11.6 Å². The summed E-state index contributed by atoms with van der Waals surface area (Å²) in [6.45, 7) is 0. The van der Waals surface area contributed by atoms with Crippen molar-refractivity contribution >= 4 is 37.4 Å². The van der Waals surface area contributed by atoms with Crippen molar-refractivity contribution in [3.63, 3.8) is 0 Å². The first-order chi connectivity index (χ1) is 7.56. The number of hydrogen-bond acceptors (Lipinski definition) is 2. The molecule has 0 unspecified atom stereocenters. The highest BCUT2D eigenvalue weighted by molar-refractivity contribution is 9.10. The van der Waals surface area contributed by atoms with Crippen LogP contribution in [0.2, 0.25) is 0 Å². The van der Waals surface area contributed by atoms with Gasteiger partial charge in [0.05, 0.1) is 10.6 Å². The van der Waals surface area contributed by atoms with Gasteiger partial charge in [-0.3, -0.25) is 0 Å². The first-order valence-corrected chi connectivity index (χ1v) is 8.08. The van der Waals surface area contributed by atoms with Crippen LogP contribution in [0.3, 0.4) is 0 Å². The van der Waals surface area contributed by atoms with Crippen molar-refractivity contribution in [3.8, 4) is 0 Å². The van der Waals surface area contributed by atoms with Gasteiger partial charge in [-0.05, 0) is 37.1 Å². The molecule has 90 valence electrons. The van der Waals surface area contributed by atoms with Crippen LogP contribution in [0.25, 0.3) is 0 Å². The van der Waals surface area contributed by atoms with Crippen LogP contribution >= 0.6 is 27.5 Å². The van der Waals surface area contributed by atoms with E-state index in [0.29, 0.717) is 17.2 Å². The van der Waals surface area contributed by atoms with Gasteiger partial charge in [-0.2, -0.15) is 0 Å². The lowest BCUT2D eigenvalue weighted by Crippen LogP contribution is -2.06. The van der Waals surface area contributed by atoms with E-state index >= 15 is 0 Å². The van der Waals surface area contributed by atoms with Crippen molar-refractivity contribution in [2.24, 2.45) is 0 Å². The summed E-state index contributed by atoms with van der Waals surface area (Å²) in [4.78, 5) is 0.390. The summed E-state index contributed by atoms with van der Waals surface area (Å²) in [7, 11) is -3.12. The van der Waals surface area contributed by atoms with Crippen molar-refractivity contribution in [2.45, 2.75) is 24.2 Å². The molecule has 0 aliphatic rings. The molecule has 0 aliphatic carbocycles. The normalized spacial score (nSPS) is 11.6. The second-order valence-corrected chi connectivity index (χ2v) is 6.93. The molecular weight excluding hydrogens is 312 g/mol. The van der Waals surface area contributed by atoms with E-state index in [-0.39, 0.29) is 5.75 Å². The summed E-state index contributed by atoms with van der Waals surface area (Å²) < 4.78 is 24.6. The molecule has 0 bridgehead atoms. The van der Waals surface area contributed by atoms with Crippen molar-refractivity contribution in [3.05, 3.63) is 28.7 Å². The molecule has 0 aliphatic heterocycles. The minimum absolute atomic E-state index is 0.200. The van der Waals surface area contributed by atoms with E-state index in [0.717, 1.165) is 17.3 Å². The number of rotatable bonds is 6. The third-order valence-electron chi connectivity index (χ3n) is 2.22. The van der Waals surface area contributed by atoms with Gasteiger partial charge in [0.1, 0.15) is 0 Å². The van der Waals surface area contributed by atoms with Gasteiger partial charge in [0, 0.05) is 10.4 Å². The molecule has 0 aromatic heterocycles. The summed E-state index contributed by atoms with van der Waals surface area (Å²) in [5.74, 6) is 0.795. The number of hydrogen-bond donors (Lipinski definition) is 0. The summed E-state index contributed by atoms with van der Waals surface area (Å²) in [5, 5.41) is 0. The lowest BCUT2D eigenvalue weighted by atomic mass is 10.3. The second kappa shape index (κ2) is 6.62. The maximum Gasteiger partial charge on any atom is 0.178 e. The highest BCUT2D eigenvalue weighted by Gasteiger charge is 2.13. The Morgan fingerprint density at radius 2 is 1.69 bits per heavy atom. The Hall–Kier alpha value is -0.0600. The quantitative estimate of drug-likeness (QED) is 0.591. The molecule has 0 atom stereocenters. The molecule has 1 aromatic rings. The number of alkyl halides is 1. The Morgan fingerprint density at radius 1 is 1.06 bits per heavy atom. The maximum absolute atomic E-state index is 11.9. The molecule has 0 heterocycles. The fraction of sp³-hybridized carbons (Fsp3) is 0.455. The smallest absolute Gasteiger partial charge is 0.178 e. The van der Waals surface area contributed by atoms with Crippen molar-refractivity contribution in [1.82, 2.24) is 0 Å². The lowest BCUT2D eigenvalue weighted by molar-refractivity contribution is 0.591. The first kappa shape index (κ1) is 14.0. The van der Waals surface area contributed by atoms with Crippen LogP contribution in [0.4, 0.5) is 0 Å². The summed E-state index contributed by atoms with van der Waals surface area (Å²) in [6.07, 6.45) is 2.40. The number of halogens is 2. The van der Waals surface area contributed by atoms with Gasteiger partial charge in [-0.1, -0.05) is 22.4 Å². The van der Waals surface area contributed by atoms with E-state index < -0.39 is 9.84 Å². The van der Waals surface area contributed by atoms with Gasteiger partial charge < -0.3 is 0 Å². The SMILES string of the molecule is O=S(=O)(CCCCCCl)c1ccc(Br)cc1. The maximum atomic E-state index is 11.9. The standard InChI is InChI=1S/C11H14BrClO2S/c12-10-4-6-11(7-5-10)16(14,15)9-3-1-2-8-13/h4-7H,1-3,8-9H2. The topological polar surface area (TPSA) is 34.1 Å². The highest BCUT2D eigenvalue weighted by Crippen LogP contribution is 2.17. The minimum atomic E-state index is -3.12. The molecule has 0 radical (unpaired) electrons. The summed E-state index contributed by atoms with van der Waals surface area (Å²) in [5.41, 5.74) is 0. The van der Waals surface area contributed by atoms with Crippen molar-refractivity contribution < 1.29 is 8.42 Å². The van der Waals surface area contributed by atoms with E-state index in [1.807, 2.05) is 0 Å². The zero-order chi connectivity index (χ0) is 12.0. The van der Waals surface area contributed by atoms with Crippen LogP contribution in [-0.2, 0) is 9.84 Å². The Morgan fingerprint density at radius 3 is 2.25 bits per heavy atom. The van der Waals surface area contributed by atoms with Gasteiger partial charge >= 0.3 is 0 Å². The Kier molecular flexibility index (Phi) is 5.79. The number of unbranched alkanes of at least 4 members (excludes halogenated alkanes) is 2. The van der Waals surface area contributed by atoms with Gasteiger partial charge in [0.25, 0.3) is 0 Å². The number of sulfone groups is 1. The Bertz CT molecular complexity index is 414. The molecule has 2 nitrogen and oxygen atoms in total. The fourth-order valence-electron chi connectivity index (χ4n) is 1.32.